The quantitative estimate of drug-likeness (QED) is 0.773. The van der Waals surface area contributed by atoms with Crippen LogP contribution in [0.25, 0.3) is 0 Å². The molecule has 0 aliphatic carbocycles. The molecular formula is C14H26N2O2. The van der Waals surface area contributed by atoms with Crippen molar-refractivity contribution < 1.29 is 9.53 Å². The van der Waals surface area contributed by atoms with Crippen molar-refractivity contribution in [3.63, 3.8) is 0 Å². The van der Waals surface area contributed by atoms with E-state index >= 15 is 0 Å². The van der Waals surface area contributed by atoms with Gasteiger partial charge in [-0.05, 0) is 53.5 Å². The van der Waals surface area contributed by atoms with Crippen LogP contribution in [0.2, 0.25) is 0 Å². The summed E-state index contributed by atoms with van der Waals surface area (Å²) in [5, 5.41) is 3.50. The molecule has 2 fully saturated rings. The Kier molecular flexibility index (Phi) is 3.97. The summed E-state index contributed by atoms with van der Waals surface area (Å²) in [6, 6.07) is 1.36. The van der Waals surface area contributed by atoms with Crippen LogP contribution in [0.3, 0.4) is 0 Å². The molecule has 0 radical (unpaired) electrons. The van der Waals surface area contributed by atoms with Gasteiger partial charge in [-0.1, -0.05) is 0 Å². The predicted octanol–water partition coefficient (Wildman–Crippen LogP) is 1.54. The minimum absolute atomic E-state index is 0.0521. The minimum atomic E-state index is -0.456. The fourth-order valence-electron chi connectivity index (χ4n) is 3.64. The molecule has 1 N–H and O–H groups in total. The normalized spacial score (nSPS) is 36.1. The van der Waals surface area contributed by atoms with Crippen molar-refractivity contribution >= 4 is 5.97 Å². The van der Waals surface area contributed by atoms with E-state index in [-0.39, 0.29) is 5.97 Å². The first-order valence-electron chi connectivity index (χ1n) is 7.15. The summed E-state index contributed by atoms with van der Waals surface area (Å²) >= 11 is 0. The van der Waals surface area contributed by atoms with Crippen molar-refractivity contribution in [3.05, 3.63) is 0 Å². The van der Waals surface area contributed by atoms with Crippen LogP contribution in [-0.2, 0) is 9.53 Å². The van der Waals surface area contributed by atoms with Gasteiger partial charge >= 0.3 is 5.97 Å². The van der Waals surface area contributed by atoms with E-state index in [1.54, 1.807) is 0 Å². The van der Waals surface area contributed by atoms with E-state index < -0.39 is 5.54 Å². The number of carbonyl (C=O) groups excluding carboxylic acids is 1. The Morgan fingerprint density at radius 3 is 2.39 bits per heavy atom. The molecule has 2 aliphatic rings. The van der Waals surface area contributed by atoms with Crippen molar-refractivity contribution in [2.24, 2.45) is 0 Å². The van der Waals surface area contributed by atoms with Gasteiger partial charge in [0.25, 0.3) is 0 Å². The summed E-state index contributed by atoms with van der Waals surface area (Å²) in [6.45, 7) is 6.54. The maximum Gasteiger partial charge on any atom is 0.326 e. The smallest absolute Gasteiger partial charge is 0.326 e. The van der Waals surface area contributed by atoms with Crippen LogP contribution in [0.4, 0.5) is 0 Å². The molecule has 2 atom stereocenters. The number of piperidine rings is 1. The number of nitrogens with zero attached hydrogens (tertiary/aromatic N) is 1. The second-order valence-corrected chi connectivity index (χ2v) is 6.06. The molecule has 104 valence electrons. The summed E-state index contributed by atoms with van der Waals surface area (Å²) < 4.78 is 5.33. The van der Waals surface area contributed by atoms with Gasteiger partial charge in [-0.15, -0.1) is 0 Å². The largest absolute Gasteiger partial charge is 0.465 e. The molecule has 2 unspecified atom stereocenters. The van der Waals surface area contributed by atoms with E-state index in [1.165, 1.54) is 12.8 Å². The average Bonchev–Trinajstić information content (AvgIpc) is 2.51. The Bertz CT molecular complexity index is 303. The van der Waals surface area contributed by atoms with Crippen LogP contribution >= 0.6 is 0 Å². The van der Waals surface area contributed by atoms with Gasteiger partial charge in [0.1, 0.15) is 5.54 Å². The average molecular weight is 254 g/mol. The van der Waals surface area contributed by atoms with E-state index in [0.717, 1.165) is 12.8 Å². The second kappa shape index (κ2) is 5.17. The van der Waals surface area contributed by atoms with Gasteiger partial charge in [0.15, 0.2) is 0 Å². The topological polar surface area (TPSA) is 41.6 Å². The minimum Gasteiger partial charge on any atom is -0.465 e. The number of rotatable bonds is 4. The molecule has 18 heavy (non-hydrogen) atoms. The lowest BCUT2D eigenvalue weighted by Crippen LogP contribution is -2.63. The standard InChI is InChI=1S/C14H26N2O2/c1-5-18-13(17)14(15-10(2)3)8-11-6-7-12(9-14)16(11)4/h10-12,15H,5-9H2,1-4H3. The van der Waals surface area contributed by atoms with Gasteiger partial charge in [-0.2, -0.15) is 0 Å². The van der Waals surface area contributed by atoms with Crippen LogP contribution < -0.4 is 5.32 Å². The van der Waals surface area contributed by atoms with E-state index in [9.17, 15) is 4.79 Å². The van der Waals surface area contributed by atoms with Crippen LogP contribution in [0.1, 0.15) is 46.5 Å². The van der Waals surface area contributed by atoms with Crippen molar-refractivity contribution in [1.82, 2.24) is 10.2 Å². The number of hydrogen-bond donors (Lipinski definition) is 1. The maximum absolute atomic E-state index is 12.4. The number of carbonyl (C=O) groups is 1. The highest BCUT2D eigenvalue weighted by Crippen LogP contribution is 2.40. The first kappa shape index (κ1) is 13.8. The van der Waals surface area contributed by atoms with Crippen molar-refractivity contribution in [3.8, 4) is 0 Å². The van der Waals surface area contributed by atoms with Gasteiger partial charge in [0.05, 0.1) is 6.61 Å². The second-order valence-electron chi connectivity index (χ2n) is 6.06. The Morgan fingerprint density at radius 2 is 1.94 bits per heavy atom. The highest BCUT2D eigenvalue weighted by molar-refractivity contribution is 5.81. The van der Waals surface area contributed by atoms with Crippen molar-refractivity contribution in [2.45, 2.75) is 70.1 Å². The third kappa shape index (κ3) is 2.41. The summed E-state index contributed by atoms with van der Waals surface area (Å²) in [5.41, 5.74) is -0.456. The third-order valence-corrected chi connectivity index (χ3v) is 4.38. The van der Waals surface area contributed by atoms with Crippen LogP contribution in [0.15, 0.2) is 0 Å². The van der Waals surface area contributed by atoms with E-state index in [0.29, 0.717) is 24.7 Å². The molecule has 2 aliphatic heterocycles. The molecule has 0 aromatic rings. The first-order valence-corrected chi connectivity index (χ1v) is 7.15. The SMILES string of the molecule is CCOC(=O)C1(NC(C)C)CC2CCC(C1)N2C. The fraction of sp³-hybridized carbons (Fsp3) is 0.929. The molecule has 0 saturated carbocycles. The molecule has 2 heterocycles. The molecule has 2 rings (SSSR count). The molecule has 4 nitrogen and oxygen atoms in total. The van der Waals surface area contributed by atoms with E-state index in [4.69, 9.17) is 4.74 Å². The van der Waals surface area contributed by atoms with Crippen LogP contribution in [0.5, 0.6) is 0 Å². The lowest BCUT2D eigenvalue weighted by molar-refractivity contribution is -0.155. The summed E-state index contributed by atoms with van der Waals surface area (Å²) in [4.78, 5) is 14.8. The fourth-order valence-corrected chi connectivity index (χ4v) is 3.64. The van der Waals surface area contributed by atoms with Gasteiger partial charge in [0, 0.05) is 18.1 Å². The zero-order chi connectivity index (χ0) is 13.3. The number of hydrogen-bond acceptors (Lipinski definition) is 4. The molecule has 4 heteroatoms. The summed E-state index contributed by atoms with van der Waals surface area (Å²) in [6.07, 6.45) is 4.19. The van der Waals surface area contributed by atoms with Gasteiger partial charge in [-0.3, -0.25) is 10.1 Å². The van der Waals surface area contributed by atoms with Crippen LogP contribution in [-0.4, -0.2) is 48.2 Å². The number of nitrogens with one attached hydrogen (secondary N) is 1. The molecule has 0 amide bonds. The molecule has 0 spiro atoms. The Hall–Kier alpha value is -0.610. The van der Waals surface area contributed by atoms with Gasteiger partial charge in [0.2, 0.25) is 0 Å². The summed E-state index contributed by atoms with van der Waals surface area (Å²) in [7, 11) is 2.19. The monoisotopic (exact) mass is 254 g/mol. The molecular weight excluding hydrogens is 228 g/mol. The number of ether oxygens (including phenoxy) is 1. The lowest BCUT2D eigenvalue weighted by Gasteiger charge is -2.44. The van der Waals surface area contributed by atoms with Crippen molar-refractivity contribution in [2.75, 3.05) is 13.7 Å². The summed E-state index contributed by atoms with van der Waals surface area (Å²) in [5.74, 6) is -0.0521. The highest BCUT2D eigenvalue weighted by atomic mass is 16.5. The zero-order valence-corrected chi connectivity index (χ0v) is 12.0. The van der Waals surface area contributed by atoms with E-state index in [1.807, 2.05) is 6.92 Å². The Balaban J connectivity index is 2.19. The van der Waals surface area contributed by atoms with Gasteiger partial charge in [-0.25, -0.2) is 0 Å². The number of esters is 1. The van der Waals surface area contributed by atoms with Gasteiger partial charge < -0.3 is 9.64 Å². The molecule has 0 aromatic carbocycles. The van der Waals surface area contributed by atoms with E-state index in [2.05, 4.69) is 31.1 Å². The third-order valence-electron chi connectivity index (χ3n) is 4.38. The molecule has 0 aromatic heterocycles. The van der Waals surface area contributed by atoms with Crippen LogP contribution in [0, 0.1) is 0 Å². The molecule has 2 bridgehead atoms. The predicted molar refractivity (Wildman–Crippen MR) is 71.4 cm³/mol. The van der Waals surface area contributed by atoms with Crippen molar-refractivity contribution in [1.29, 1.82) is 0 Å². The molecule has 2 saturated heterocycles. The lowest BCUT2D eigenvalue weighted by atomic mass is 9.82. The zero-order valence-electron chi connectivity index (χ0n) is 12.0. The first-order chi connectivity index (χ1) is 8.48. The number of fused-ring (bicyclic) bond motifs is 2. The Morgan fingerprint density at radius 1 is 1.39 bits per heavy atom. The Labute approximate surface area is 110 Å². The highest BCUT2D eigenvalue weighted by Gasteiger charge is 2.51. The maximum atomic E-state index is 12.4.